The minimum atomic E-state index is -1.05. The number of ether oxygens (including phenoxy) is 2. The van der Waals surface area contributed by atoms with Gasteiger partial charge in [-0.3, -0.25) is 9.59 Å². The van der Waals surface area contributed by atoms with E-state index in [1.807, 2.05) is 54.6 Å². The Kier molecular flexibility index (Phi) is 9.37. The van der Waals surface area contributed by atoms with E-state index in [4.69, 9.17) is 14.6 Å². The van der Waals surface area contributed by atoms with Gasteiger partial charge in [0.25, 0.3) is 0 Å². The van der Waals surface area contributed by atoms with E-state index in [2.05, 4.69) is 13.8 Å². The molecule has 1 aliphatic rings. The second-order valence-corrected chi connectivity index (χ2v) is 10.7. The molecule has 0 spiro atoms. The summed E-state index contributed by atoms with van der Waals surface area (Å²) in [6.45, 7) is 7.68. The third kappa shape index (κ3) is 6.78. The largest absolute Gasteiger partial charge is 0.481 e. The van der Waals surface area contributed by atoms with Gasteiger partial charge in [0.1, 0.15) is 16.3 Å². The van der Waals surface area contributed by atoms with E-state index in [0.29, 0.717) is 25.0 Å². The lowest BCUT2D eigenvalue weighted by molar-refractivity contribution is -0.163. The Balaban J connectivity index is 2.04. The van der Waals surface area contributed by atoms with Crippen LogP contribution in [-0.2, 0) is 29.5 Å². The molecule has 36 heavy (non-hydrogen) atoms. The van der Waals surface area contributed by atoms with Gasteiger partial charge in [0.05, 0.1) is 12.3 Å². The van der Waals surface area contributed by atoms with Crippen molar-refractivity contribution in [2.45, 2.75) is 76.2 Å². The number of carboxylic acids is 1. The maximum absolute atomic E-state index is 13.6. The molecule has 2 aromatic carbocycles. The van der Waals surface area contributed by atoms with Gasteiger partial charge in [0, 0.05) is 11.3 Å². The number of thioether (sulfide) groups is 1. The number of cyclic esters (lactones) is 1. The number of esters is 2. The average Bonchev–Trinajstić information content (AvgIpc) is 2.84. The van der Waals surface area contributed by atoms with Crippen molar-refractivity contribution in [3.8, 4) is 0 Å². The van der Waals surface area contributed by atoms with Gasteiger partial charge in [-0.15, -0.1) is 0 Å². The lowest BCUT2D eigenvalue weighted by Gasteiger charge is -2.38. The smallest absolute Gasteiger partial charge is 0.349 e. The summed E-state index contributed by atoms with van der Waals surface area (Å²) in [5, 5.41) is 9.05. The molecular weight excluding hydrogens is 476 g/mol. The fourth-order valence-electron chi connectivity index (χ4n) is 4.17. The van der Waals surface area contributed by atoms with Crippen molar-refractivity contribution >= 4 is 29.7 Å². The lowest BCUT2D eigenvalue weighted by atomic mass is 9.83. The number of rotatable bonds is 11. The van der Waals surface area contributed by atoms with Crippen molar-refractivity contribution < 1.29 is 29.0 Å². The number of unbranched alkanes of at least 4 members (excludes halogenated alkanes) is 1. The Morgan fingerprint density at radius 2 is 1.69 bits per heavy atom. The van der Waals surface area contributed by atoms with Crippen LogP contribution in [0.3, 0.4) is 0 Å². The molecule has 1 N–H and O–H groups in total. The minimum Gasteiger partial charge on any atom is -0.481 e. The molecule has 0 aromatic heterocycles. The van der Waals surface area contributed by atoms with Crippen LogP contribution in [0.4, 0.5) is 0 Å². The maximum atomic E-state index is 13.6. The zero-order valence-corrected chi connectivity index (χ0v) is 22.1. The van der Waals surface area contributed by atoms with Gasteiger partial charge < -0.3 is 14.6 Å². The van der Waals surface area contributed by atoms with E-state index < -0.39 is 23.5 Å². The lowest BCUT2D eigenvalue weighted by Crippen LogP contribution is -2.38. The summed E-state index contributed by atoms with van der Waals surface area (Å²) in [5.41, 5.74) is 0.828. The van der Waals surface area contributed by atoms with Crippen LogP contribution < -0.4 is 0 Å². The SMILES string of the molecule is CC(C)C(=O)OC1=C(Sc2ccccc2C(C)C)C(=O)OC(CCCCC(=O)O)(c2ccccc2)C1. The summed E-state index contributed by atoms with van der Waals surface area (Å²) in [4.78, 5) is 38.5. The molecule has 0 amide bonds. The van der Waals surface area contributed by atoms with Crippen LogP contribution >= 0.6 is 11.8 Å². The molecular formula is C29H34O6S. The standard InChI is InChI=1S/C29H34O6S/c1-19(2)22-14-8-9-15-24(22)36-26-23(34-27(32)20(3)4)18-29(35-28(26)33,17-11-10-16-25(30)31)21-12-6-5-7-13-21/h5-9,12-15,19-20H,10-11,16-18H2,1-4H3,(H,30,31). The molecule has 0 saturated carbocycles. The van der Waals surface area contributed by atoms with E-state index in [9.17, 15) is 14.4 Å². The Morgan fingerprint density at radius 1 is 1.03 bits per heavy atom. The summed E-state index contributed by atoms with van der Waals surface area (Å²) in [6, 6.07) is 17.3. The number of carboxylic acid groups (broad SMARTS) is 1. The Morgan fingerprint density at radius 3 is 2.33 bits per heavy atom. The number of benzene rings is 2. The third-order valence-electron chi connectivity index (χ3n) is 6.14. The van der Waals surface area contributed by atoms with Crippen LogP contribution in [0, 0.1) is 5.92 Å². The summed E-state index contributed by atoms with van der Waals surface area (Å²) >= 11 is 1.27. The molecule has 7 heteroatoms. The topological polar surface area (TPSA) is 89.9 Å². The molecule has 1 unspecified atom stereocenters. The first-order chi connectivity index (χ1) is 17.1. The second kappa shape index (κ2) is 12.3. The fourth-order valence-corrected chi connectivity index (χ4v) is 5.31. The molecule has 0 radical (unpaired) electrons. The second-order valence-electron chi connectivity index (χ2n) is 9.65. The first kappa shape index (κ1) is 27.5. The summed E-state index contributed by atoms with van der Waals surface area (Å²) in [7, 11) is 0. The molecule has 192 valence electrons. The molecule has 1 atom stereocenters. The molecule has 0 aliphatic carbocycles. The zero-order chi connectivity index (χ0) is 26.3. The van der Waals surface area contributed by atoms with Crippen molar-refractivity contribution in [1.29, 1.82) is 0 Å². The van der Waals surface area contributed by atoms with Crippen molar-refractivity contribution in [2.75, 3.05) is 0 Å². The van der Waals surface area contributed by atoms with E-state index >= 15 is 0 Å². The predicted octanol–water partition coefficient (Wildman–Crippen LogP) is 6.80. The van der Waals surface area contributed by atoms with Crippen molar-refractivity contribution in [1.82, 2.24) is 0 Å². The molecule has 1 aliphatic heterocycles. The third-order valence-corrected chi connectivity index (χ3v) is 7.33. The highest BCUT2D eigenvalue weighted by atomic mass is 32.2. The van der Waals surface area contributed by atoms with Crippen molar-refractivity contribution in [3.63, 3.8) is 0 Å². The normalized spacial score (nSPS) is 17.9. The van der Waals surface area contributed by atoms with E-state index in [0.717, 1.165) is 16.0 Å². The van der Waals surface area contributed by atoms with Gasteiger partial charge >= 0.3 is 17.9 Å². The predicted molar refractivity (Wildman–Crippen MR) is 139 cm³/mol. The Labute approximate surface area is 217 Å². The van der Waals surface area contributed by atoms with Crippen LogP contribution in [-0.4, -0.2) is 23.0 Å². The molecule has 2 aromatic rings. The first-order valence-electron chi connectivity index (χ1n) is 12.3. The summed E-state index contributed by atoms with van der Waals surface area (Å²) in [5.74, 6) is -1.64. The maximum Gasteiger partial charge on any atom is 0.349 e. The molecule has 1 heterocycles. The van der Waals surface area contributed by atoms with E-state index in [1.54, 1.807) is 13.8 Å². The molecule has 6 nitrogen and oxygen atoms in total. The number of aliphatic carboxylic acids is 1. The fraction of sp³-hybridized carbons (Fsp3) is 0.414. The van der Waals surface area contributed by atoms with Gasteiger partial charge in [0.2, 0.25) is 0 Å². The van der Waals surface area contributed by atoms with Gasteiger partial charge in [-0.05, 0) is 42.4 Å². The van der Waals surface area contributed by atoms with Gasteiger partial charge in [-0.1, -0.05) is 88.0 Å². The highest BCUT2D eigenvalue weighted by Crippen LogP contribution is 2.47. The van der Waals surface area contributed by atoms with Crippen LogP contribution in [0.1, 0.15) is 76.8 Å². The van der Waals surface area contributed by atoms with Crippen molar-refractivity contribution in [2.24, 2.45) is 5.92 Å². The van der Waals surface area contributed by atoms with Crippen LogP contribution in [0.5, 0.6) is 0 Å². The van der Waals surface area contributed by atoms with Gasteiger partial charge in [-0.2, -0.15) is 0 Å². The quantitative estimate of drug-likeness (QED) is 0.263. The van der Waals surface area contributed by atoms with E-state index in [1.165, 1.54) is 11.8 Å². The van der Waals surface area contributed by atoms with E-state index in [-0.39, 0.29) is 29.6 Å². The zero-order valence-electron chi connectivity index (χ0n) is 21.3. The van der Waals surface area contributed by atoms with Gasteiger partial charge in [-0.25, -0.2) is 4.79 Å². The van der Waals surface area contributed by atoms with Crippen molar-refractivity contribution in [3.05, 3.63) is 76.4 Å². The van der Waals surface area contributed by atoms with Crippen LogP contribution in [0.25, 0.3) is 0 Å². The number of hydrogen-bond donors (Lipinski definition) is 1. The Bertz CT molecular complexity index is 1120. The summed E-state index contributed by atoms with van der Waals surface area (Å²) < 4.78 is 12.0. The highest BCUT2D eigenvalue weighted by molar-refractivity contribution is 8.04. The van der Waals surface area contributed by atoms with Gasteiger partial charge in [0.15, 0.2) is 0 Å². The molecule has 0 bridgehead atoms. The van der Waals surface area contributed by atoms with Crippen LogP contribution in [0.15, 0.2) is 70.2 Å². The minimum absolute atomic E-state index is 0.0386. The highest BCUT2D eigenvalue weighted by Gasteiger charge is 2.45. The Hall–Kier alpha value is -3.06. The van der Waals surface area contributed by atoms with Crippen LogP contribution in [0.2, 0.25) is 0 Å². The average molecular weight is 511 g/mol. The summed E-state index contributed by atoms with van der Waals surface area (Å²) in [6.07, 6.45) is 1.64. The first-order valence-corrected chi connectivity index (χ1v) is 13.2. The number of hydrogen-bond acceptors (Lipinski definition) is 6. The molecule has 3 rings (SSSR count). The number of carbonyl (C=O) groups is 3. The molecule has 0 saturated heterocycles. The monoisotopic (exact) mass is 510 g/mol. The molecule has 0 fully saturated rings. The number of carbonyl (C=O) groups excluding carboxylic acids is 2.